The molecular weight excluding hydrogens is 598 g/mol. The number of halogens is 1. The number of fused-ring (bicyclic) bond motifs is 1. The van der Waals surface area contributed by atoms with Crippen LogP contribution in [-0.2, 0) is 11.3 Å². The molecule has 8 nitrogen and oxygen atoms in total. The van der Waals surface area contributed by atoms with Gasteiger partial charge in [0.2, 0.25) is 5.69 Å². The highest BCUT2D eigenvalue weighted by Crippen LogP contribution is 2.50. The zero-order chi connectivity index (χ0) is 33.6. The molecule has 4 aromatic rings. The monoisotopic (exact) mass is 643 g/mol. The lowest BCUT2D eigenvalue weighted by Gasteiger charge is -2.50. The third-order valence-electron chi connectivity index (χ3n) is 9.47. The number of ether oxygens (including phenoxy) is 2. The highest BCUT2D eigenvalue weighted by molar-refractivity contribution is 6.34. The second kappa shape index (κ2) is 12.7. The summed E-state index contributed by atoms with van der Waals surface area (Å²) < 4.78 is 13.6. The number of methoxy groups -OCH3 is 1. The number of aromatic amines is 1. The number of H-pyrrole nitrogens is 1. The Morgan fingerprint density at radius 1 is 1.09 bits per heavy atom. The van der Waals surface area contributed by atoms with Crippen LogP contribution in [0.2, 0.25) is 5.15 Å². The lowest BCUT2D eigenvalue weighted by atomic mass is 9.59. The number of anilines is 1. The SMILES string of the molecule is [C-]#[N+]c1c(C(=O)OC2C(C(C)(C)C)CC(C)CC2C(C)(C)C)c2nc(-c3ccc(OC)c(NCc4ccc(C)cc4)c3)[nH]n2c1Cl. The van der Waals surface area contributed by atoms with Crippen LogP contribution in [0.1, 0.15) is 82.8 Å². The molecule has 1 aliphatic rings. The van der Waals surface area contributed by atoms with Crippen molar-refractivity contribution in [3.05, 3.63) is 75.7 Å². The smallest absolute Gasteiger partial charge is 0.331 e. The van der Waals surface area contributed by atoms with Gasteiger partial charge in [-0.25, -0.2) is 19.1 Å². The summed E-state index contributed by atoms with van der Waals surface area (Å²) in [6.45, 7) is 26.1. The Morgan fingerprint density at radius 3 is 2.28 bits per heavy atom. The molecule has 2 unspecified atom stereocenters. The average molecular weight is 644 g/mol. The van der Waals surface area contributed by atoms with Gasteiger partial charge in [0.15, 0.2) is 11.5 Å². The molecule has 0 aliphatic heterocycles. The molecule has 1 fully saturated rings. The number of carbonyl (C=O) groups is 1. The van der Waals surface area contributed by atoms with E-state index in [0.29, 0.717) is 24.0 Å². The molecule has 0 radical (unpaired) electrons. The maximum absolute atomic E-state index is 14.2. The Kier molecular flexibility index (Phi) is 9.21. The maximum atomic E-state index is 14.2. The summed E-state index contributed by atoms with van der Waals surface area (Å²) in [6.07, 6.45) is 1.64. The van der Waals surface area contributed by atoms with Crippen LogP contribution in [0.4, 0.5) is 11.4 Å². The van der Waals surface area contributed by atoms with Gasteiger partial charge in [-0.15, -0.1) is 0 Å². The van der Waals surface area contributed by atoms with Crippen molar-refractivity contribution in [3.8, 4) is 17.1 Å². The lowest BCUT2D eigenvalue weighted by molar-refractivity contribution is -0.0922. The van der Waals surface area contributed by atoms with Gasteiger partial charge in [-0.05, 0) is 60.3 Å². The van der Waals surface area contributed by atoms with Gasteiger partial charge in [0, 0.05) is 23.9 Å². The molecule has 0 spiro atoms. The van der Waals surface area contributed by atoms with Crippen LogP contribution < -0.4 is 10.1 Å². The molecule has 9 heteroatoms. The van der Waals surface area contributed by atoms with Crippen molar-refractivity contribution >= 4 is 34.6 Å². The fraction of sp³-hybridized carbons (Fsp3) is 0.486. The quantitative estimate of drug-likeness (QED) is 0.155. The zero-order valence-corrected chi connectivity index (χ0v) is 29.2. The Hall–Kier alpha value is -3.96. The van der Waals surface area contributed by atoms with Gasteiger partial charge in [0.1, 0.15) is 22.6 Å². The van der Waals surface area contributed by atoms with E-state index in [9.17, 15) is 4.79 Å². The van der Waals surface area contributed by atoms with E-state index in [2.05, 4.69) is 94.9 Å². The summed E-state index contributed by atoms with van der Waals surface area (Å²) in [5.74, 6) is 1.47. The Balaban J connectivity index is 1.51. The van der Waals surface area contributed by atoms with Gasteiger partial charge in [0.05, 0.1) is 19.4 Å². The van der Waals surface area contributed by atoms with E-state index in [1.54, 1.807) is 7.11 Å². The summed E-state index contributed by atoms with van der Waals surface area (Å²) in [6, 6.07) is 14.1. The van der Waals surface area contributed by atoms with Crippen molar-refractivity contribution in [1.82, 2.24) is 14.6 Å². The summed E-state index contributed by atoms with van der Waals surface area (Å²) in [5, 5.41) is 6.76. The number of aromatic nitrogens is 3. The van der Waals surface area contributed by atoms with E-state index in [-0.39, 0.29) is 50.8 Å². The van der Waals surface area contributed by atoms with E-state index in [4.69, 9.17) is 32.6 Å². The number of nitrogens with zero attached hydrogens (tertiary/aromatic N) is 3. The summed E-state index contributed by atoms with van der Waals surface area (Å²) in [5.41, 5.74) is 4.16. The van der Waals surface area contributed by atoms with Crippen LogP contribution in [0, 0.1) is 42.1 Å². The second-order valence-corrected chi connectivity index (χ2v) is 15.4. The van der Waals surface area contributed by atoms with Gasteiger partial charge in [-0.3, -0.25) is 5.10 Å². The van der Waals surface area contributed by atoms with E-state index in [1.165, 1.54) is 10.1 Å². The Labute approximate surface area is 277 Å². The lowest BCUT2D eigenvalue weighted by Crippen LogP contribution is -2.49. The van der Waals surface area contributed by atoms with Crippen molar-refractivity contribution in [2.75, 3.05) is 12.4 Å². The predicted octanol–water partition coefficient (Wildman–Crippen LogP) is 9.74. The fourth-order valence-corrected chi connectivity index (χ4v) is 7.09. The molecule has 2 heterocycles. The first-order chi connectivity index (χ1) is 21.6. The highest BCUT2D eigenvalue weighted by atomic mass is 35.5. The molecule has 1 aliphatic carbocycles. The van der Waals surface area contributed by atoms with Crippen molar-refractivity contribution < 1.29 is 14.3 Å². The number of rotatable bonds is 7. The van der Waals surface area contributed by atoms with Crippen LogP contribution in [0.5, 0.6) is 5.75 Å². The average Bonchev–Trinajstić information content (AvgIpc) is 3.53. The third kappa shape index (κ3) is 6.62. The zero-order valence-electron chi connectivity index (χ0n) is 28.4. The van der Waals surface area contributed by atoms with Crippen LogP contribution in [0.25, 0.3) is 21.9 Å². The molecule has 2 atom stereocenters. The van der Waals surface area contributed by atoms with Gasteiger partial charge in [-0.2, -0.15) is 0 Å². The second-order valence-electron chi connectivity index (χ2n) is 15.0. The van der Waals surface area contributed by atoms with E-state index >= 15 is 0 Å². The van der Waals surface area contributed by atoms with Crippen molar-refractivity contribution in [3.63, 3.8) is 0 Å². The standard InChI is InChI=1S/C37H46ClN5O3/c1-21-11-13-23(14-12-21)20-40-27-19-24(15-16-28(27)45-10)33-41-34-29(30(39-9)32(38)43(34)42-33)35(44)46-31-25(36(3,4)5)17-22(2)18-26(31)37(6,7)8/h11-16,19,22,25-26,31,40H,17-18,20H2,1-8,10H3,(H,41,42). The van der Waals surface area contributed by atoms with Gasteiger partial charge >= 0.3 is 5.97 Å². The predicted molar refractivity (Wildman–Crippen MR) is 185 cm³/mol. The minimum absolute atomic E-state index is 0.0379. The highest BCUT2D eigenvalue weighted by Gasteiger charge is 2.48. The van der Waals surface area contributed by atoms with Gasteiger partial charge in [-0.1, -0.05) is 89.9 Å². The molecule has 46 heavy (non-hydrogen) atoms. The molecule has 2 aromatic carbocycles. The summed E-state index contributed by atoms with van der Waals surface area (Å²) >= 11 is 6.72. The van der Waals surface area contributed by atoms with Crippen LogP contribution in [0.3, 0.4) is 0 Å². The number of esters is 1. The number of nitrogens with one attached hydrogen (secondary N) is 2. The molecular formula is C37H46ClN5O3. The van der Waals surface area contributed by atoms with E-state index < -0.39 is 5.97 Å². The van der Waals surface area contributed by atoms with Crippen LogP contribution in [0.15, 0.2) is 42.5 Å². The minimum atomic E-state index is -0.563. The van der Waals surface area contributed by atoms with Crippen molar-refractivity contribution in [1.29, 1.82) is 0 Å². The number of benzene rings is 2. The van der Waals surface area contributed by atoms with E-state index in [0.717, 1.165) is 29.7 Å². The molecule has 0 amide bonds. The fourth-order valence-electron chi connectivity index (χ4n) is 6.83. The molecule has 244 valence electrons. The first kappa shape index (κ1) is 33.4. The maximum Gasteiger partial charge on any atom is 0.331 e. The molecule has 1 saturated carbocycles. The third-order valence-corrected chi connectivity index (χ3v) is 9.81. The molecule has 2 N–H and O–H groups in total. The summed E-state index contributed by atoms with van der Waals surface area (Å²) in [4.78, 5) is 22.6. The Bertz CT molecular complexity index is 1740. The number of carbonyl (C=O) groups excluding carboxylic acids is 1. The first-order valence-electron chi connectivity index (χ1n) is 16.0. The summed E-state index contributed by atoms with van der Waals surface area (Å²) in [7, 11) is 1.63. The normalized spacial score (nSPS) is 20.4. The number of hydrogen-bond donors (Lipinski definition) is 2. The molecule has 0 bridgehead atoms. The topological polar surface area (TPSA) is 85.0 Å². The van der Waals surface area contributed by atoms with Gasteiger partial charge in [0.25, 0.3) is 0 Å². The van der Waals surface area contributed by atoms with Crippen molar-refractivity contribution in [2.24, 2.45) is 28.6 Å². The largest absolute Gasteiger partial charge is 0.495 e. The molecule has 5 rings (SSSR count). The first-order valence-corrected chi connectivity index (χ1v) is 16.4. The number of aryl methyl sites for hydroxylation is 1. The minimum Gasteiger partial charge on any atom is -0.495 e. The molecule has 2 aromatic heterocycles. The molecule has 0 saturated heterocycles. The van der Waals surface area contributed by atoms with Crippen LogP contribution in [-0.4, -0.2) is 33.8 Å². The van der Waals surface area contributed by atoms with Gasteiger partial charge < -0.3 is 14.8 Å². The van der Waals surface area contributed by atoms with Crippen LogP contribution >= 0.6 is 11.6 Å². The van der Waals surface area contributed by atoms with Crippen molar-refractivity contribution in [2.45, 2.75) is 80.9 Å². The number of hydrogen-bond acceptors (Lipinski definition) is 5. The Morgan fingerprint density at radius 2 is 1.72 bits per heavy atom. The van der Waals surface area contributed by atoms with E-state index in [1.807, 2.05) is 18.2 Å².